The number of carbonyl (C=O) groups is 1. The lowest BCUT2D eigenvalue weighted by Crippen LogP contribution is -2.41. The van der Waals surface area contributed by atoms with Gasteiger partial charge >= 0.3 is 0 Å². The van der Waals surface area contributed by atoms with E-state index >= 15 is 0 Å². The van der Waals surface area contributed by atoms with Gasteiger partial charge in [0, 0.05) is 18.2 Å². The first-order chi connectivity index (χ1) is 15.7. The van der Waals surface area contributed by atoms with E-state index in [1.165, 1.54) is 35.6 Å². The zero-order chi connectivity index (χ0) is 23.8. The molecule has 0 spiro atoms. The molecule has 1 aromatic heterocycles. The van der Waals surface area contributed by atoms with Gasteiger partial charge in [0.1, 0.15) is 0 Å². The van der Waals surface area contributed by atoms with Gasteiger partial charge in [-0.05, 0) is 81.1 Å². The predicted octanol–water partition coefficient (Wildman–Crippen LogP) is 4.26. The Hall–Kier alpha value is -2.73. The number of hydrogen-bond donors (Lipinski definition) is 0. The summed E-state index contributed by atoms with van der Waals surface area (Å²) in [7, 11) is -3.58. The molecule has 0 aliphatic carbocycles. The van der Waals surface area contributed by atoms with E-state index in [0.29, 0.717) is 23.5 Å². The summed E-state index contributed by atoms with van der Waals surface area (Å²) < 4.78 is 30.5. The first-order valence-corrected chi connectivity index (χ1v) is 13.2. The number of sulfonamides is 1. The molecule has 4 rings (SSSR count). The van der Waals surface area contributed by atoms with E-state index in [2.05, 4.69) is 23.0 Å². The molecule has 1 aliphatic heterocycles. The highest BCUT2D eigenvalue weighted by molar-refractivity contribution is 7.89. The number of terminal acetylenes is 1. The number of nitrogens with zero attached hydrogens (tertiary/aromatic N) is 3. The van der Waals surface area contributed by atoms with Gasteiger partial charge < -0.3 is 4.57 Å². The summed E-state index contributed by atoms with van der Waals surface area (Å²) in [6.45, 7) is 6.85. The number of fused-ring (bicyclic) bond motifs is 1. The van der Waals surface area contributed by atoms with Gasteiger partial charge in [0.05, 0.1) is 21.7 Å². The zero-order valence-corrected chi connectivity index (χ0v) is 20.7. The smallest absolute Gasteiger partial charge is 0.279 e. The molecule has 1 aliphatic rings. The zero-order valence-electron chi connectivity index (χ0n) is 19.0. The summed E-state index contributed by atoms with van der Waals surface area (Å²) in [5.41, 5.74) is 3.58. The van der Waals surface area contributed by atoms with E-state index in [-0.39, 0.29) is 10.9 Å². The van der Waals surface area contributed by atoms with Crippen LogP contribution in [-0.2, 0) is 16.6 Å². The number of benzene rings is 2. The maximum atomic E-state index is 13.0. The Balaban J connectivity index is 1.67. The van der Waals surface area contributed by atoms with Crippen molar-refractivity contribution in [3.63, 3.8) is 0 Å². The minimum atomic E-state index is -3.58. The fourth-order valence-corrected chi connectivity index (χ4v) is 6.94. The highest BCUT2D eigenvalue weighted by Crippen LogP contribution is 2.26. The van der Waals surface area contributed by atoms with Gasteiger partial charge in [-0.1, -0.05) is 23.7 Å². The Kier molecular flexibility index (Phi) is 6.57. The Labute approximate surface area is 198 Å². The Morgan fingerprint density at radius 2 is 1.88 bits per heavy atom. The van der Waals surface area contributed by atoms with Crippen LogP contribution in [0.1, 0.15) is 47.7 Å². The normalized spacial score (nSPS) is 17.9. The van der Waals surface area contributed by atoms with Crippen molar-refractivity contribution < 1.29 is 13.2 Å². The van der Waals surface area contributed by atoms with E-state index in [1.54, 1.807) is 4.31 Å². The molecule has 1 saturated heterocycles. The predicted molar refractivity (Wildman–Crippen MR) is 132 cm³/mol. The van der Waals surface area contributed by atoms with Crippen LogP contribution < -0.4 is 4.80 Å². The lowest BCUT2D eigenvalue weighted by molar-refractivity contribution is 0.0997. The molecule has 3 aromatic rings. The Morgan fingerprint density at radius 1 is 1.18 bits per heavy atom. The molecule has 1 amide bonds. The molecule has 0 bridgehead atoms. The van der Waals surface area contributed by atoms with Crippen molar-refractivity contribution in [2.75, 3.05) is 6.54 Å². The number of thiazole rings is 1. The van der Waals surface area contributed by atoms with Gasteiger partial charge in [0.25, 0.3) is 5.91 Å². The van der Waals surface area contributed by atoms with Crippen molar-refractivity contribution in [3.8, 4) is 12.3 Å². The maximum Gasteiger partial charge on any atom is 0.279 e. The third kappa shape index (κ3) is 4.54. The van der Waals surface area contributed by atoms with Crippen LogP contribution in [0.25, 0.3) is 10.2 Å². The Bertz CT molecular complexity index is 1420. The molecule has 6 nitrogen and oxygen atoms in total. The molecule has 1 fully saturated rings. The summed E-state index contributed by atoms with van der Waals surface area (Å²) in [4.78, 5) is 18.0. The van der Waals surface area contributed by atoms with Crippen LogP contribution in [0.15, 0.2) is 46.3 Å². The van der Waals surface area contributed by atoms with Crippen LogP contribution in [0, 0.1) is 26.2 Å². The highest BCUT2D eigenvalue weighted by Gasteiger charge is 2.30. The van der Waals surface area contributed by atoms with Gasteiger partial charge in [-0.2, -0.15) is 9.30 Å². The van der Waals surface area contributed by atoms with Crippen molar-refractivity contribution in [1.82, 2.24) is 8.87 Å². The maximum absolute atomic E-state index is 13.0. The van der Waals surface area contributed by atoms with E-state index in [4.69, 9.17) is 6.42 Å². The fraction of sp³-hybridized carbons (Fsp3) is 0.360. The molecule has 2 aromatic carbocycles. The van der Waals surface area contributed by atoms with Crippen LogP contribution in [0.2, 0.25) is 0 Å². The second kappa shape index (κ2) is 9.26. The number of hydrogen-bond acceptors (Lipinski definition) is 4. The van der Waals surface area contributed by atoms with Crippen LogP contribution in [0.4, 0.5) is 0 Å². The highest BCUT2D eigenvalue weighted by atomic mass is 32.2. The average Bonchev–Trinajstić information content (AvgIpc) is 3.10. The lowest BCUT2D eigenvalue weighted by atomic mass is 10.1. The second-order valence-corrected chi connectivity index (χ2v) is 11.4. The van der Waals surface area contributed by atoms with Crippen molar-refractivity contribution in [1.29, 1.82) is 0 Å². The molecule has 0 N–H and O–H groups in total. The van der Waals surface area contributed by atoms with Crippen molar-refractivity contribution in [3.05, 3.63) is 57.9 Å². The second-order valence-electron chi connectivity index (χ2n) is 8.48. The summed E-state index contributed by atoms with van der Waals surface area (Å²) in [5.74, 6) is 2.20. The minimum absolute atomic E-state index is 0.0214. The average molecular weight is 482 g/mol. The van der Waals surface area contributed by atoms with Crippen LogP contribution in [0.5, 0.6) is 0 Å². The summed E-state index contributed by atoms with van der Waals surface area (Å²) in [6.07, 6.45) is 8.33. The van der Waals surface area contributed by atoms with Crippen LogP contribution in [0.3, 0.4) is 0 Å². The van der Waals surface area contributed by atoms with Gasteiger partial charge in [-0.3, -0.25) is 4.79 Å². The fourth-order valence-electron chi connectivity index (χ4n) is 4.14. The molecule has 8 heteroatoms. The van der Waals surface area contributed by atoms with Crippen molar-refractivity contribution in [2.45, 2.75) is 57.5 Å². The summed E-state index contributed by atoms with van der Waals surface area (Å²) >= 11 is 1.41. The third-order valence-electron chi connectivity index (χ3n) is 6.19. The lowest BCUT2D eigenvalue weighted by Gasteiger charge is -2.32. The van der Waals surface area contributed by atoms with E-state index in [0.717, 1.165) is 40.6 Å². The monoisotopic (exact) mass is 481 g/mol. The summed E-state index contributed by atoms with van der Waals surface area (Å²) in [6, 6.07) is 10.2. The SMILES string of the molecule is C#CCn1c(=NC(=O)c2ccc(S(=O)(=O)N3CCCCC3C)cc2)sc2cc(C)c(C)cc21. The first-order valence-electron chi connectivity index (χ1n) is 11.0. The molecule has 33 heavy (non-hydrogen) atoms. The molecule has 172 valence electrons. The third-order valence-corrected chi connectivity index (χ3v) is 9.26. The quantitative estimate of drug-likeness (QED) is 0.523. The molecule has 1 atom stereocenters. The largest absolute Gasteiger partial charge is 0.305 e. The first kappa shape index (κ1) is 23.4. The number of rotatable bonds is 4. The van der Waals surface area contributed by atoms with Crippen molar-refractivity contribution in [2.24, 2.45) is 4.99 Å². The van der Waals surface area contributed by atoms with E-state index < -0.39 is 15.9 Å². The number of carbonyl (C=O) groups excluding carboxylic acids is 1. The molecule has 0 saturated carbocycles. The van der Waals surface area contributed by atoms with Crippen molar-refractivity contribution >= 4 is 37.5 Å². The molecular weight excluding hydrogens is 454 g/mol. The van der Waals surface area contributed by atoms with E-state index in [1.807, 2.05) is 25.3 Å². The van der Waals surface area contributed by atoms with E-state index in [9.17, 15) is 13.2 Å². The van der Waals surface area contributed by atoms with Gasteiger partial charge in [0.15, 0.2) is 4.80 Å². The topological polar surface area (TPSA) is 71.7 Å². The van der Waals surface area contributed by atoms with Crippen LogP contribution >= 0.6 is 11.3 Å². The summed E-state index contributed by atoms with van der Waals surface area (Å²) in [5, 5.41) is 0. The molecule has 2 heterocycles. The number of piperidine rings is 1. The minimum Gasteiger partial charge on any atom is -0.305 e. The van der Waals surface area contributed by atoms with Crippen LogP contribution in [-0.4, -0.2) is 35.8 Å². The molecular formula is C25H27N3O3S2. The van der Waals surface area contributed by atoms with Gasteiger partial charge in [-0.25, -0.2) is 8.42 Å². The van der Waals surface area contributed by atoms with Gasteiger partial charge in [-0.15, -0.1) is 6.42 Å². The van der Waals surface area contributed by atoms with Gasteiger partial charge in [0.2, 0.25) is 10.0 Å². The number of amides is 1. The standard InChI is InChI=1S/C25H27N3O3S2/c1-5-13-27-22-15-17(2)18(3)16-23(22)32-25(27)26-24(29)20-9-11-21(12-10-20)33(30,31)28-14-7-6-8-19(28)4/h1,9-12,15-16,19H,6-8,13-14H2,2-4H3. The number of aromatic nitrogens is 1. The molecule has 0 radical (unpaired) electrons. The molecule has 1 unspecified atom stereocenters. The Morgan fingerprint density at radius 3 is 2.55 bits per heavy atom. The number of aryl methyl sites for hydroxylation is 2.